The van der Waals surface area contributed by atoms with E-state index in [1.165, 1.54) is 6.33 Å². The van der Waals surface area contributed by atoms with Gasteiger partial charge >= 0.3 is 0 Å². The average molecular weight is 391 g/mol. The topological polar surface area (TPSA) is 68.3 Å². The van der Waals surface area contributed by atoms with E-state index in [4.69, 9.17) is 32.7 Å². The molecule has 0 fully saturated rings. The Morgan fingerprint density at radius 2 is 1.58 bits per heavy atom. The van der Waals surface area contributed by atoms with Gasteiger partial charge in [0, 0.05) is 12.1 Å². The van der Waals surface area contributed by atoms with Gasteiger partial charge in [-0.1, -0.05) is 29.3 Å². The van der Waals surface area contributed by atoms with Crippen molar-refractivity contribution < 1.29 is 9.47 Å². The van der Waals surface area contributed by atoms with Crippen molar-refractivity contribution in [3.63, 3.8) is 0 Å². The van der Waals surface area contributed by atoms with Crippen LogP contribution < -0.4 is 20.1 Å². The van der Waals surface area contributed by atoms with Gasteiger partial charge in [0.25, 0.3) is 0 Å². The van der Waals surface area contributed by atoms with Crippen molar-refractivity contribution in [2.75, 3.05) is 24.9 Å². The molecule has 0 aliphatic carbocycles. The average Bonchev–Trinajstić information content (AvgIpc) is 2.66. The number of anilines is 4. The Hall–Kier alpha value is -2.70. The maximum absolute atomic E-state index is 6.20. The zero-order valence-corrected chi connectivity index (χ0v) is 15.6. The van der Waals surface area contributed by atoms with Crippen molar-refractivity contribution >= 4 is 46.2 Å². The number of benzene rings is 2. The van der Waals surface area contributed by atoms with Crippen LogP contribution in [-0.2, 0) is 0 Å². The summed E-state index contributed by atoms with van der Waals surface area (Å²) in [5.41, 5.74) is 1.41. The fourth-order valence-corrected chi connectivity index (χ4v) is 2.62. The van der Waals surface area contributed by atoms with Gasteiger partial charge in [-0.25, -0.2) is 9.97 Å². The molecule has 0 aliphatic rings. The van der Waals surface area contributed by atoms with Crippen molar-refractivity contribution in [3.8, 4) is 11.5 Å². The molecule has 0 radical (unpaired) electrons. The minimum atomic E-state index is 0.430. The van der Waals surface area contributed by atoms with E-state index in [0.29, 0.717) is 38.9 Å². The van der Waals surface area contributed by atoms with E-state index in [0.717, 1.165) is 5.69 Å². The summed E-state index contributed by atoms with van der Waals surface area (Å²) in [6.07, 6.45) is 1.44. The number of rotatable bonds is 6. The van der Waals surface area contributed by atoms with Crippen LogP contribution in [0.15, 0.2) is 48.8 Å². The number of hydrogen-bond donors (Lipinski definition) is 2. The number of aromatic nitrogens is 2. The molecule has 1 aromatic heterocycles. The molecule has 0 saturated heterocycles. The summed E-state index contributed by atoms with van der Waals surface area (Å²) in [5, 5.41) is 7.22. The molecule has 0 saturated carbocycles. The third-order valence-electron chi connectivity index (χ3n) is 3.55. The van der Waals surface area contributed by atoms with Gasteiger partial charge in [0.05, 0.1) is 35.6 Å². The molecule has 3 rings (SSSR count). The van der Waals surface area contributed by atoms with E-state index in [1.54, 1.807) is 38.5 Å². The van der Waals surface area contributed by atoms with Crippen molar-refractivity contribution in [1.29, 1.82) is 0 Å². The van der Waals surface area contributed by atoms with Gasteiger partial charge in [0.15, 0.2) is 0 Å². The minimum absolute atomic E-state index is 0.430. The fraction of sp³-hybridized carbons (Fsp3) is 0.111. The molecule has 8 heteroatoms. The van der Waals surface area contributed by atoms with Gasteiger partial charge in [-0.3, -0.25) is 0 Å². The lowest BCUT2D eigenvalue weighted by Gasteiger charge is -2.13. The normalized spacial score (nSPS) is 10.3. The molecule has 3 aromatic rings. The maximum atomic E-state index is 6.20. The molecule has 0 bridgehead atoms. The Bertz CT molecular complexity index is 921. The lowest BCUT2D eigenvalue weighted by atomic mass is 10.2. The second kappa shape index (κ2) is 8.12. The largest absolute Gasteiger partial charge is 0.497 e. The molecule has 2 aromatic carbocycles. The molecular formula is C18H16Cl2N4O2. The molecule has 2 N–H and O–H groups in total. The highest BCUT2D eigenvalue weighted by Crippen LogP contribution is 2.33. The van der Waals surface area contributed by atoms with Gasteiger partial charge < -0.3 is 20.1 Å². The third kappa shape index (κ3) is 4.09. The summed E-state index contributed by atoms with van der Waals surface area (Å²) in [7, 11) is 3.19. The number of methoxy groups -OCH3 is 2. The lowest BCUT2D eigenvalue weighted by molar-refractivity contribution is 0.395. The zero-order valence-electron chi connectivity index (χ0n) is 14.1. The summed E-state index contributed by atoms with van der Waals surface area (Å²) in [4.78, 5) is 8.43. The molecule has 26 heavy (non-hydrogen) atoms. The summed E-state index contributed by atoms with van der Waals surface area (Å²) in [5.74, 6) is 2.49. The van der Waals surface area contributed by atoms with Crippen LogP contribution in [0.3, 0.4) is 0 Å². The first-order valence-corrected chi connectivity index (χ1v) is 8.38. The lowest BCUT2D eigenvalue weighted by Crippen LogP contribution is -2.00. The molecule has 0 amide bonds. The molecule has 134 valence electrons. The van der Waals surface area contributed by atoms with Crippen LogP contribution in [0.1, 0.15) is 0 Å². The summed E-state index contributed by atoms with van der Waals surface area (Å²) >= 11 is 12.2. The number of nitrogens with zero attached hydrogens (tertiary/aromatic N) is 2. The van der Waals surface area contributed by atoms with E-state index in [2.05, 4.69) is 20.6 Å². The van der Waals surface area contributed by atoms with Crippen LogP contribution in [-0.4, -0.2) is 24.2 Å². The van der Waals surface area contributed by atoms with Gasteiger partial charge in [-0.2, -0.15) is 0 Å². The predicted octanol–water partition coefficient (Wildman–Crippen LogP) is 5.29. The summed E-state index contributed by atoms with van der Waals surface area (Å²) in [6, 6.07) is 12.6. The van der Waals surface area contributed by atoms with Crippen LogP contribution in [0, 0.1) is 0 Å². The third-order valence-corrected chi connectivity index (χ3v) is 4.37. The van der Waals surface area contributed by atoms with Crippen LogP contribution >= 0.6 is 23.2 Å². The maximum Gasteiger partial charge on any atom is 0.146 e. The SMILES string of the molecule is COc1ccc(Nc2cc(Nc3cccc(Cl)c3Cl)ncn2)c(OC)c1. The highest BCUT2D eigenvalue weighted by Gasteiger charge is 2.09. The monoisotopic (exact) mass is 390 g/mol. The number of ether oxygens (including phenoxy) is 2. The van der Waals surface area contributed by atoms with E-state index in [-0.39, 0.29) is 0 Å². The Kier molecular flexibility index (Phi) is 5.65. The first-order chi connectivity index (χ1) is 12.6. The van der Waals surface area contributed by atoms with Crippen LogP contribution in [0.5, 0.6) is 11.5 Å². The highest BCUT2D eigenvalue weighted by atomic mass is 35.5. The highest BCUT2D eigenvalue weighted by molar-refractivity contribution is 6.43. The van der Waals surface area contributed by atoms with Gasteiger partial charge in [0.2, 0.25) is 0 Å². The molecule has 0 atom stereocenters. The van der Waals surface area contributed by atoms with Crippen LogP contribution in [0.25, 0.3) is 0 Å². The van der Waals surface area contributed by atoms with Crippen molar-refractivity contribution in [1.82, 2.24) is 9.97 Å². The van der Waals surface area contributed by atoms with E-state index in [1.807, 2.05) is 18.2 Å². The first-order valence-electron chi connectivity index (χ1n) is 7.63. The van der Waals surface area contributed by atoms with Crippen molar-refractivity contribution in [2.24, 2.45) is 0 Å². The van der Waals surface area contributed by atoms with E-state index < -0.39 is 0 Å². The minimum Gasteiger partial charge on any atom is -0.497 e. The Morgan fingerprint density at radius 3 is 2.27 bits per heavy atom. The Labute approximate surface area is 161 Å². The quantitative estimate of drug-likeness (QED) is 0.595. The van der Waals surface area contributed by atoms with Crippen LogP contribution in [0.4, 0.5) is 23.0 Å². The Morgan fingerprint density at radius 1 is 0.846 bits per heavy atom. The summed E-state index contributed by atoms with van der Waals surface area (Å²) < 4.78 is 10.6. The fourth-order valence-electron chi connectivity index (χ4n) is 2.27. The number of hydrogen-bond acceptors (Lipinski definition) is 6. The zero-order chi connectivity index (χ0) is 18.5. The van der Waals surface area contributed by atoms with Crippen molar-refractivity contribution in [3.05, 3.63) is 58.8 Å². The summed E-state index contributed by atoms with van der Waals surface area (Å²) in [6.45, 7) is 0. The van der Waals surface area contributed by atoms with Gasteiger partial charge in [0.1, 0.15) is 29.5 Å². The predicted molar refractivity (Wildman–Crippen MR) is 105 cm³/mol. The molecule has 0 unspecified atom stereocenters. The van der Waals surface area contributed by atoms with E-state index >= 15 is 0 Å². The van der Waals surface area contributed by atoms with Gasteiger partial charge in [-0.15, -0.1) is 0 Å². The second-order valence-electron chi connectivity index (χ2n) is 5.21. The standard InChI is InChI=1S/C18H16Cl2N4O2/c1-25-11-6-7-13(15(8-11)26-2)23-16-9-17(22-10-21-16)24-14-5-3-4-12(19)18(14)20/h3-10H,1-2H3,(H2,21,22,23,24). The van der Waals surface area contributed by atoms with Gasteiger partial charge in [-0.05, 0) is 24.3 Å². The Balaban J connectivity index is 1.83. The molecule has 1 heterocycles. The van der Waals surface area contributed by atoms with Crippen molar-refractivity contribution in [2.45, 2.75) is 0 Å². The smallest absolute Gasteiger partial charge is 0.146 e. The molecule has 0 aliphatic heterocycles. The second-order valence-corrected chi connectivity index (χ2v) is 5.99. The molecular weight excluding hydrogens is 375 g/mol. The number of nitrogens with one attached hydrogen (secondary N) is 2. The van der Waals surface area contributed by atoms with Crippen LogP contribution in [0.2, 0.25) is 10.0 Å². The first kappa shape index (κ1) is 18.1. The molecule has 0 spiro atoms. The number of halogens is 2. The molecule has 6 nitrogen and oxygen atoms in total. The van der Waals surface area contributed by atoms with E-state index in [9.17, 15) is 0 Å².